The van der Waals surface area contributed by atoms with Crippen molar-refractivity contribution in [3.8, 4) is 5.75 Å². The molecule has 2 atom stereocenters. The van der Waals surface area contributed by atoms with Crippen LogP contribution in [0.3, 0.4) is 0 Å². The second-order valence-electron chi connectivity index (χ2n) is 9.60. The molecule has 6 nitrogen and oxygen atoms in total. The third kappa shape index (κ3) is 4.43. The van der Waals surface area contributed by atoms with Gasteiger partial charge in [0.2, 0.25) is 11.8 Å². The largest absolute Gasteiger partial charge is 0.497 e. The average molecular weight is 448 g/mol. The van der Waals surface area contributed by atoms with Gasteiger partial charge < -0.3 is 19.4 Å². The van der Waals surface area contributed by atoms with Crippen LogP contribution < -0.4 is 9.64 Å². The van der Waals surface area contributed by atoms with Crippen LogP contribution in [-0.4, -0.2) is 68.0 Å². The summed E-state index contributed by atoms with van der Waals surface area (Å²) in [6, 6.07) is 16.4. The summed E-state index contributed by atoms with van der Waals surface area (Å²) in [7, 11) is 1.66. The minimum atomic E-state index is -0.189. The highest BCUT2D eigenvalue weighted by Crippen LogP contribution is 2.39. The summed E-state index contributed by atoms with van der Waals surface area (Å²) in [4.78, 5) is 32.9. The standard InChI is InChI=1S/C27H33N3O3/c1-19-5-3-4-6-25(19)28-13-15-29(16-14-28)27(32)24-18-30(26(31)21-7-8-21)17-23(24)20-9-11-22(33-2)12-10-20/h3-6,9-12,21,23-24H,7-8,13-18H2,1-2H3/t23-,24-/m1/s1. The lowest BCUT2D eigenvalue weighted by molar-refractivity contribution is -0.136. The fourth-order valence-electron chi connectivity index (χ4n) is 5.33. The third-order valence-corrected chi connectivity index (χ3v) is 7.47. The van der Waals surface area contributed by atoms with Gasteiger partial charge in [0.1, 0.15) is 5.75 Å². The average Bonchev–Trinajstić information content (AvgIpc) is 3.62. The zero-order valence-corrected chi connectivity index (χ0v) is 19.6. The number of rotatable bonds is 5. The number of para-hydroxylation sites is 1. The van der Waals surface area contributed by atoms with Crippen LogP contribution in [0.5, 0.6) is 5.75 Å². The number of hydrogen-bond acceptors (Lipinski definition) is 4. The molecule has 33 heavy (non-hydrogen) atoms. The third-order valence-electron chi connectivity index (χ3n) is 7.47. The SMILES string of the molecule is COc1ccc([C@H]2CN(C(=O)C3CC3)C[C@H]2C(=O)N2CCN(c3ccccc3C)CC2)cc1. The van der Waals surface area contributed by atoms with Gasteiger partial charge in [-0.05, 0) is 49.1 Å². The summed E-state index contributed by atoms with van der Waals surface area (Å²) in [5, 5.41) is 0. The van der Waals surface area contributed by atoms with Crippen molar-refractivity contribution in [3.05, 3.63) is 59.7 Å². The van der Waals surface area contributed by atoms with Gasteiger partial charge in [0.15, 0.2) is 0 Å². The molecule has 2 aliphatic heterocycles. The van der Waals surface area contributed by atoms with Crippen LogP contribution in [0.25, 0.3) is 0 Å². The van der Waals surface area contributed by atoms with Crippen molar-refractivity contribution in [2.24, 2.45) is 11.8 Å². The first-order valence-corrected chi connectivity index (χ1v) is 12.1. The molecule has 0 aromatic heterocycles. The van der Waals surface area contributed by atoms with Crippen molar-refractivity contribution >= 4 is 17.5 Å². The monoisotopic (exact) mass is 447 g/mol. The quantitative estimate of drug-likeness (QED) is 0.706. The molecule has 174 valence electrons. The van der Waals surface area contributed by atoms with Gasteiger partial charge >= 0.3 is 0 Å². The molecule has 2 amide bonds. The van der Waals surface area contributed by atoms with Gasteiger partial charge in [0.25, 0.3) is 0 Å². The van der Waals surface area contributed by atoms with Gasteiger partial charge in [-0.2, -0.15) is 0 Å². The molecule has 3 aliphatic rings. The molecule has 0 bridgehead atoms. The van der Waals surface area contributed by atoms with E-state index in [-0.39, 0.29) is 29.6 Å². The molecule has 0 spiro atoms. The Morgan fingerprint density at radius 2 is 1.55 bits per heavy atom. The van der Waals surface area contributed by atoms with Crippen LogP contribution in [0, 0.1) is 18.8 Å². The van der Waals surface area contributed by atoms with E-state index in [9.17, 15) is 9.59 Å². The summed E-state index contributed by atoms with van der Waals surface area (Å²) < 4.78 is 5.31. The van der Waals surface area contributed by atoms with E-state index in [0.717, 1.165) is 50.3 Å². The number of anilines is 1. The molecule has 5 rings (SSSR count). The molecule has 1 saturated carbocycles. The fourth-order valence-corrected chi connectivity index (χ4v) is 5.33. The Morgan fingerprint density at radius 1 is 0.848 bits per heavy atom. The summed E-state index contributed by atoms with van der Waals surface area (Å²) in [5.41, 5.74) is 3.63. The molecule has 2 saturated heterocycles. The number of piperazine rings is 1. The number of aryl methyl sites for hydroxylation is 1. The second-order valence-corrected chi connectivity index (χ2v) is 9.60. The molecular weight excluding hydrogens is 414 g/mol. The van der Waals surface area contributed by atoms with E-state index >= 15 is 0 Å². The van der Waals surface area contributed by atoms with Crippen molar-refractivity contribution in [2.45, 2.75) is 25.7 Å². The van der Waals surface area contributed by atoms with Crippen LogP contribution in [0.15, 0.2) is 48.5 Å². The van der Waals surface area contributed by atoms with Gasteiger partial charge in [-0.1, -0.05) is 30.3 Å². The molecule has 1 aliphatic carbocycles. The summed E-state index contributed by atoms with van der Waals surface area (Å²) in [6.45, 7) is 6.40. The minimum absolute atomic E-state index is 0.0282. The van der Waals surface area contributed by atoms with Crippen molar-refractivity contribution in [3.63, 3.8) is 0 Å². The summed E-state index contributed by atoms with van der Waals surface area (Å²) in [6.07, 6.45) is 1.98. The lowest BCUT2D eigenvalue weighted by Crippen LogP contribution is -2.51. The first-order chi connectivity index (χ1) is 16.0. The highest BCUT2D eigenvalue weighted by atomic mass is 16.5. The van der Waals surface area contributed by atoms with Gasteiger partial charge in [0.05, 0.1) is 13.0 Å². The van der Waals surface area contributed by atoms with Crippen LogP contribution >= 0.6 is 0 Å². The molecule has 2 aromatic carbocycles. The Bertz CT molecular complexity index is 1010. The Morgan fingerprint density at radius 3 is 2.18 bits per heavy atom. The Hall–Kier alpha value is -3.02. The molecule has 0 unspecified atom stereocenters. The molecule has 2 aromatic rings. The van der Waals surface area contributed by atoms with E-state index in [0.29, 0.717) is 13.1 Å². The van der Waals surface area contributed by atoms with Crippen molar-refractivity contribution in [2.75, 3.05) is 51.3 Å². The van der Waals surface area contributed by atoms with E-state index in [4.69, 9.17) is 4.74 Å². The highest BCUT2D eigenvalue weighted by molar-refractivity contribution is 5.85. The molecule has 0 N–H and O–H groups in total. The maximum absolute atomic E-state index is 13.7. The number of methoxy groups -OCH3 is 1. The van der Waals surface area contributed by atoms with Crippen molar-refractivity contribution in [1.29, 1.82) is 0 Å². The van der Waals surface area contributed by atoms with Crippen LogP contribution in [0.2, 0.25) is 0 Å². The summed E-state index contributed by atoms with van der Waals surface area (Å²) in [5.74, 6) is 1.23. The van der Waals surface area contributed by atoms with Gasteiger partial charge in [-0.25, -0.2) is 0 Å². The predicted octanol–water partition coefficient (Wildman–Crippen LogP) is 3.30. The zero-order valence-electron chi connectivity index (χ0n) is 19.6. The van der Waals surface area contributed by atoms with Gasteiger partial charge in [-0.3, -0.25) is 9.59 Å². The van der Waals surface area contributed by atoms with Crippen molar-refractivity contribution < 1.29 is 14.3 Å². The maximum atomic E-state index is 13.7. The molecule has 6 heteroatoms. The number of nitrogens with zero attached hydrogens (tertiary/aromatic N) is 3. The molecule has 0 radical (unpaired) electrons. The number of likely N-dealkylation sites (tertiary alicyclic amines) is 1. The fraction of sp³-hybridized carbons (Fsp3) is 0.481. The number of carbonyl (C=O) groups excluding carboxylic acids is 2. The first kappa shape index (κ1) is 21.8. The van der Waals surface area contributed by atoms with E-state index in [1.807, 2.05) is 34.1 Å². The first-order valence-electron chi connectivity index (χ1n) is 12.1. The Kier molecular flexibility index (Phi) is 6.00. The summed E-state index contributed by atoms with van der Waals surface area (Å²) >= 11 is 0. The van der Waals surface area contributed by atoms with E-state index in [1.165, 1.54) is 11.3 Å². The number of ether oxygens (including phenoxy) is 1. The predicted molar refractivity (Wildman–Crippen MR) is 129 cm³/mol. The van der Waals surface area contributed by atoms with E-state index < -0.39 is 0 Å². The highest BCUT2D eigenvalue weighted by Gasteiger charge is 2.45. The smallest absolute Gasteiger partial charge is 0.228 e. The van der Waals surface area contributed by atoms with E-state index in [1.54, 1.807) is 7.11 Å². The van der Waals surface area contributed by atoms with Crippen LogP contribution in [0.1, 0.15) is 29.9 Å². The molecule has 2 heterocycles. The van der Waals surface area contributed by atoms with Crippen LogP contribution in [-0.2, 0) is 9.59 Å². The number of hydrogen-bond donors (Lipinski definition) is 0. The van der Waals surface area contributed by atoms with Gasteiger partial charge in [-0.15, -0.1) is 0 Å². The number of benzene rings is 2. The normalized spacial score (nSPS) is 23.0. The Balaban J connectivity index is 1.31. The number of amides is 2. The lowest BCUT2D eigenvalue weighted by Gasteiger charge is -2.38. The van der Waals surface area contributed by atoms with Crippen LogP contribution in [0.4, 0.5) is 5.69 Å². The topological polar surface area (TPSA) is 53.1 Å². The molecule has 3 fully saturated rings. The second kappa shape index (κ2) is 9.08. The minimum Gasteiger partial charge on any atom is -0.497 e. The maximum Gasteiger partial charge on any atom is 0.228 e. The zero-order chi connectivity index (χ0) is 22.9. The number of carbonyl (C=O) groups is 2. The van der Waals surface area contributed by atoms with E-state index in [2.05, 4.69) is 36.1 Å². The Labute approximate surface area is 196 Å². The lowest BCUT2D eigenvalue weighted by atomic mass is 9.87. The van der Waals surface area contributed by atoms with Gasteiger partial charge in [0, 0.05) is 56.8 Å². The van der Waals surface area contributed by atoms with Crippen molar-refractivity contribution in [1.82, 2.24) is 9.80 Å². The molecular formula is C27H33N3O3.